The standard InChI is InChI=1S/C19H21ClN2O3S/c1-13(14-9-10-14)21-19(23)15-5-3-8-18(11-15)26(24,25)22(2)17-7-4-6-16(20)12-17/h3-8,11-14H,9-10H2,1-2H3,(H,21,23)/t13-/m1/s1. The van der Waals surface area contributed by atoms with Crippen molar-refractivity contribution >= 4 is 33.2 Å². The SMILES string of the molecule is C[C@@H](NC(=O)c1cccc(S(=O)(=O)N(C)c2cccc(Cl)c2)c1)C1CC1. The number of benzene rings is 2. The van der Waals surface area contributed by atoms with E-state index in [4.69, 9.17) is 11.6 Å². The fraction of sp³-hybridized carbons (Fsp3) is 0.316. The summed E-state index contributed by atoms with van der Waals surface area (Å²) in [5.41, 5.74) is 0.785. The molecule has 0 radical (unpaired) electrons. The zero-order chi connectivity index (χ0) is 18.9. The second-order valence-corrected chi connectivity index (χ2v) is 8.99. The number of halogens is 1. The Morgan fingerprint density at radius 1 is 1.19 bits per heavy atom. The van der Waals surface area contributed by atoms with Crippen LogP contribution in [0.25, 0.3) is 0 Å². The van der Waals surface area contributed by atoms with Gasteiger partial charge in [0.05, 0.1) is 10.6 Å². The van der Waals surface area contributed by atoms with Gasteiger partial charge in [-0.15, -0.1) is 0 Å². The molecule has 1 amide bonds. The summed E-state index contributed by atoms with van der Waals surface area (Å²) in [5.74, 6) is 0.270. The zero-order valence-corrected chi connectivity index (χ0v) is 16.2. The number of rotatable bonds is 6. The predicted octanol–water partition coefficient (Wildman–Crippen LogP) is 3.69. The predicted molar refractivity (Wildman–Crippen MR) is 103 cm³/mol. The molecule has 1 N–H and O–H groups in total. The third-order valence-electron chi connectivity index (χ3n) is 4.61. The normalized spacial score (nSPS) is 15.3. The van der Waals surface area contributed by atoms with Gasteiger partial charge in [0.15, 0.2) is 0 Å². The maximum absolute atomic E-state index is 12.9. The molecule has 1 saturated carbocycles. The van der Waals surface area contributed by atoms with E-state index in [9.17, 15) is 13.2 Å². The first-order valence-corrected chi connectivity index (χ1v) is 10.3. The van der Waals surface area contributed by atoms with Crippen molar-refractivity contribution in [1.82, 2.24) is 5.32 Å². The first kappa shape index (κ1) is 18.7. The van der Waals surface area contributed by atoms with Crippen LogP contribution in [0.15, 0.2) is 53.4 Å². The average molecular weight is 393 g/mol. The minimum absolute atomic E-state index is 0.0618. The maximum atomic E-state index is 12.9. The van der Waals surface area contributed by atoms with Gasteiger partial charge in [0.25, 0.3) is 15.9 Å². The highest BCUT2D eigenvalue weighted by Gasteiger charge is 2.29. The van der Waals surface area contributed by atoms with Gasteiger partial charge in [0.2, 0.25) is 0 Å². The molecule has 2 aromatic rings. The topological polar surface area (TPSA) is 66.5 Å². The molecule has 0 aromatic heterocycles. The van der Waals surface area contributed by atoms with E-state index in [1.165, 1.54) is 19.2 Å². The summed E-state index contributed by atoms with van der Waals surface area (Å²) >= 11 is 5.96. The number of hydrogen-bond donors (Lipinski definition) is 1. The van der Waals surface area contributed by atoms with Gasteiger partial charge in [-0.2, -0.15) is 0 Å². The number of hydrogen-bond acceptors (Lipinski definition) is 3. The van der Waals surface area contributed by atoms with Gasteiger partial charge in [0, 0.05) is 23.7 Å². The summed E-state index contributed by atoms with van der Waals surface area (Å²) < 4.78 is 27.0. The molecule has 0 heterocycles. The summed E-state index contributed by atoms with van der Waals surface area (Å²) in [6, 6.07) is 12.8. The fourth-order valence-electron chi connectivity index (χ4n) is 2.77. The molecule has 1 aliphatic carbocycles. The smallest absolute Gasteiger partial charge is 0.264 e. The second-order valence-electron chi connectivity index (χ2n) is 6.58. The number of nitrogens with zero attached hydrogens (tertiary/aromatic N) is 1. The van der Waals surface area contributed by atoms with E-state index < -0.39 is 10.0 Å². The third kappa shape index (κ3) is 4.02. The van der Waals surface area contributed by atoms with E-state index in [2.05, 4.69) is 5.32 Å². The van der Waals surface area contributed by atoms with E-state index in [1.807, 2.05) is 6.92 Å². The molecular formula is C19H21ClN2O3S. The number of sulfonamides is 1. The molecule has 0 bridgehead atoms. The van der Waals surface area contributed by atoms with Crippen LogP contribution in [-0.2, 0) is 10.0 Å². The minimum Gasteiger partial charge on any atom is -0.349 e. The monoisotopic (exact) mass is 392 g/mol. The van der Waals surface area contributed by atoms with Crippen LogP contribution in [0.3, 0.4) is 0 Å². The molecule has 138 valence electrons. The summed E-state index contributed by atoms with van der Waals surface area (Å²) in [4.78, 5) is 12.5. The number of carbonyl (C=O) groups excluding carboxylic acids is 1. The first-order chi connectivity index (χ1) is 12.3. The molecule has 7 heteroatoms. The van der Waals surface area contributed by atoms with Gasteiger partial charge in [-0.25, -0.2) is 8.42 Å². The summed E-state index contributed by atoms with van der Waals surface area (Å²) in [6.07, 6.45) is 2.25. The molecule has 1 aliphatic rings. The van der Waals surface area contributed by atoms with Crippen LogP contribution in [0.5, 0.6) is 0 Å². The molecule has 1 fully saturated rings. The van der Waals surface area contributed by atoms with Gasteiger partial charge in [-0.05, 0) is 62.1 Å². The average Bonchev–Trinajstić information content (AvgIpc) is 3.46. The van der Waals surface area contributed by atoms with Gasteiger partial charge in [-0.1, -0.05) is 23.7 Å². The summed E-state index contributed by atoms with van der Waals surface area (Å²) in [6.45, 7) is 1.98. The van der Waals surface area contributed by atoms with Gasteiger partial charge < -0.3 is 5.32 Å². The molecule has 0 saturated heterocycles. The van der Waals surface area contributed by atoms with Crippen LogP contribution < -0.4 is 9.62 Å². The van der Waals surface area contributed by atoms with Crippen LogP contribution in [0, 0.1) is 5.92 Å². The highest BCUT2D eigenvalue weighted by atomic mass is 35.5. The molecule has 3 rings (SSSR count). The lowest BCUT2D eigenvalue weighted by Crippen LogP contribution is -2.34. The van der Waals surface area contributed by atoms with E-state index >= 15 is 0 Å². The van der Waals surface area contributed by atoms with E-state index in [1.54, 1.807) is 36.4 Å². The van der Waals surface area contributed by atoms with Gasteiger partial charge >= 0.3 is 0 Å². The minimum atomic E-state index is -3.80. The quantitative estimate of drug-likeness (QED) is 0.815. The van der Waals surface area contributed by atoms with Crippen molar-refractivity contribution in [2.45, 2.75) is 30.7 Å². The first-order valence-electron chi connectivity index (χ1n) is 8.44. The van der Waals surface area contributed by atoms with Crippen molar-refractivity contribution in [2.75, 3.05) is 11.4 Å². The van der Waals surface area contributed by atoms with Crippen LogP contribution in [-0.4, -0.2) is 27.4 Å². The molecule has 0 spiro atoms. The Morgan fingerprint density at radius 2 is 1.88 bits per heavy atom. The van der Waals surface area contributed by atoms with Crippen LogP contribution in [0.1, 0.15) is 30.1 Å². The van der Waals surface area contributed by atoms with E-state index in [-0.39, 0.29) is 16.8 Å². The van der Waals surface area contributed by atoms with Gasteiger partial charge in [0.1, 0.15) is 0 Å². The molecule has 1 atom stereocenters. The fourth-order valence-corrected chi connectivity index (χ4v) is 4.19. The molecule has 2 aromatic carbocycles. The van der Waals surface area contributed by atoms with Crippen molar-refractivity contribution in [1.29, 1.82) is 0 Å². The Kier molecular flexibility index (Phi) is 5.25. The highest BCUT2D eigenvalue weighted by Crippen LogP contribution is 2.32. The zero-order valence-electron chi connectivity index (χ0n) is 14.6. The molecule has 26 heavy (non-hydrogen) atoms. The number of anilines is 1. The number of nitrogens with one attached hydrogen (secondary N) is 1. The lowest BCUT2D eigenvalue weighted by Gasteiger charge is -2.20. The molecule has 0 unspecified atom stereocenters. The van der Waals surface area contributed by atoms with Crippen molar-refractivity contribution < 1.29 is 13.2 Å². The lowest BCUT2D eigenvalue weighted by molar-refractivity contribution is 0.0935. The van der Waals surface area contributed by atoms with Crippen molar-refractivity contribution in [3.05, 3.63) is 59.1 Å². The number of amides is 1. The maximum Gasteiger partial charge on any atom is 0.264 e. The van der Waals surface area contributed by atoms with Crippen LogP contribution in [0.4, 0.5) is 5.69 Å². The summed E-state index contributed by atoms with van der Waals surface area (Å²) in [7, 11) is -2.34. The molecule has 0 aliphatic heterocycles. The number of carbonyl (C=O) groups is 1. The van der Waals surface area contributed by atoms with Crippen molar-refractivity contribution in [3.8, 4) is 0 Å². The Hall–Kier alpha value is -2.05. The van der Waals surface area contributed by atoms with E-state index in [0.717, 1.165) is 17.1 Å². The third-order valence-corrected chi connectivity index (χ3v) is 6.63. The van der Waals surface area contributed by atoms with Crippen LogP contribution >= 0.6 is 11.6 Å². The van der Waals surface area contributed by atoms with Crippen molar-refractivity contribution in [2.24, 2.45) is 5.92 Å². The van der Waals surface area contributed by atoms with Crippen LogP contribution in [0.2, 0.25) is 5.02 Å². The highest BCUT2D eigenvalue weighted by molar-refractivity contribution is 7.92. The Bertz CT molecular complexity index is 926. The molecular weight excluding hydrogens is 372 g/mol. The molecule has 5 nitrogen and oxygen atoms in total. The lowest BCUT2D eigenvalue weighted by atomic mass is 10.1. The summed E-state index contributed by atoms with van der Waals surface area (Å²) in [5, 5.41) is 3.39. The Morgan fingerprint density at radius 3 is 2.54 bits per heavy atom. The Labute approximate surface area is 159 Å². The largest absolute Gasteiger partial charge is 0.349 e. The second kappa shape index (κ2) is 7.29. The Balaban J connectivity index is 1.84. The van der Waals surface area contributed by atoms with Crippen molar-refractivity contribution in [3.63, 3.8) is 0 Å². The van der Waals surface area contributed by atoms with Gasteiger partial charge in [-0.3, -0.25) is 9.10 Å². The van der Waals surface area contributed by atoms with E-state index in [0.29, 0.717) is 22.2 Å².